The van der Waals surface area contributed by atoms with E-state index in [0.717, 1.165) is 23.6 Å². The van der Waals surface area contributed by atoms with E-state index in [4.69, 9.17) is 0 Å². The van der Waals surface area contributed by atoms with Crippen molar-refractivity contribution in [3.8, 4) is 11.3 Å². The molecule has 3 aromatic heterocycles. The maximum atomic E-state index is 12.4. The smallest absolute Gasteiger partial charge is 0.253 e. The van der Waals surface area contributed by atoms with Crippen molar-refractivity contribution in [2.45, 2.75) is 26.9 Å². The Kier molecular flexibility index (Phi) is 4.47. The first-order chi connectivity index (χ1) is 11.2. The second-order valence-corrected chi connectivity index (χ2v) is 5.84. The highest BCUT2D eigenvalue weighted by Crippen LogP contribution is 2.21. The van der Waals surface area contributed by atoms with Gasteiger partial charge in [-0.25, -0.2) is 0 Å². The number of nitrogens with one attached hydrogen (secondary N) is 1. The Hall–Kier alpha value is -2.54. The van der Waals surface area contributed by atoms with Crippen LogP contribution in [0.5, 0.6) is 0 Å². The van der Waals surface area contributed by atoms with Crippen LogP contribution in [0, 0.1) is 6.92 Å². The van der Waals surface area contributed by atoms with Gasteiger partial charge >= 0.3 is 0 Å². The van der Waals surface area contributed by atoms with E-state index in [1.54, 1.807) is 17.7 Å². The molecule has 3 heterocycles. The van der Waals surface area contributed by atoms with Gasteiger partial charge < -0.3 is 9.88 Å². The van der Waals surface area contributed by atoms with Gasteiger partial charge in [-0.05, 0) is 37.4 Å². The Morgan fingerprint density at radius 1 is 1.35 bits per heavy atom. The molecule has 0 aliphatic rings. The minimum absolute atomic E-state index is 0.155. The Morgan fingerprint density at radius 2 is 2.22 bits per heavy atom. The number of hydrogen-bond donors (Lipinski definition) is 1. The lowest BCUT2D eigenvalue weighted by molar-refractivity contribution is 0.0948. The zero-order chi connectivity index (χ0) is 16.2. The van der Waals surface area contributed by atoms with Crippen molar-refractivity contribution < 1.29 is 4.79 Å². The van der Waals surface area contributed by atoms with Crippen molar-refractivity contribution in [2.75, 3.05) is 0 Å². The van der Waals surface area contributed by atoms with Crippen LogP contribution in [0.2, 0.25) is 0 Å². The van der Waals surface area contributed by atoms with Gasteiger partial charge in [0.15, 0.2) is 5.82 Å². The summed E-state index contributed by atoms with van der Waals surface area (Å²) in [7, 11) is 0. The Morgan fingerprint density at radius 3 is 2.91 bits per heavy atom. The van der Waals surface area contributed by atoms with Crippen molar-refractivity contribution in [2.24, 2.45) is 0 Å². The third-order valence-electron chi connectivity index (χ3n) is 3.59. The first-order valence-electron chi connectivity index (χ1n) is 7.34. The second kappa shape index (κ2) is 6.70. The molecular weight excluding hydrogens is 310 g/mol. The number of amides is 1. The number of aromatic nitrogens is 4. The molecule has 118 valence electrons. The summed E-state index contributed by atoms with van der Waals surface area (Å²) in [4.78, 5) is 16.9. The third kappa shape index (κ3) is 3.29. The van der Waals surface area contributed by atoms with E-state index in [0.29, 0.717) is 17.8 Å². The summed E-state index contributed by atoms with van der Waals surface area (Å²) in [5.41, 5.74) is 3.24. The maximum absolute atomic E-state index is 12.4. The summed E-state index contributed by atoms with van der Waals surface area (Å²) in [6.45, 7) is 4.97. The molecule has 0 spiro atoms. The predicted octanol–water partition coefficient (Wildman–Crippen LogP) is 2.66. The molecule has 0 atom stereocenters. The number of rotatable bonds is 5. The predicted molar refractivity (Wildman–Crippen MR) is 89.2 cm³/mol. The molecule has 1 N–H and O–H groups in total. The lowest BCUT2D eigenvalue weighted by Crippen LogP contribution is -2.25. The zero-order valence-corrected chi connectivity index (χ0v) is 13.8. The van der Waals surface area contributed by atoms with Gasteiger partial charge in [-0.15, -0.1) is 10.2 Å². The highest BCUT2D eigenvalue weighted by atomic mass is 32.1. The molecule has 0 radical (unpaired) electrons. The monoisotopic (exact) mass is 327 g/mol. The van der Waals surface area contributed by atoms with Gasteiger partial charge in [-0.3, -0.25) is 9.78 Å². The fraction of sp³-hybridized carbons (Fsp3) is 0.250. The lowest BCUT2D eigenvalue weighted by atomic mass is 10.1. The van der Waals surface area contributed by atoms with E-state index >= 15 is 0 Å². The normalized spacial score (nSPS) is 10.7. The topological polar surface area (TPSA) is 72.7 Å². The molecule has 0 unspecified atom stereocenters. The first-order valence-corrected chi connectivity index (χ1v) is 8.28. The van der Waals surface area contributed by atoms with Crippen molar-refractivity contribution in [1.29, 1.82) is 0 Å². The number of pyridine rings is 1. The van der Waals surface area contributed by atoms with Crippen molar-refractivity contribution >= 4 is 17.2 Å². The highest BCUT2D eigenvalue weighted by molar-refractivity contribution is 7.08. The van der Waals surface area contributed by atoms with Gasteiger partial charge in [0.25, 0.3) is 5.91 Å². The molecule has 3 rings (SSSR count). The average Bonchev–Trinajstić information content (AvgIpc) is 3.23. The van der Waals surface area contributed by atoms with Crippen LogP contribution in [0.4, 0.5) is 0 Å². The van der Waals surface area contributed by atoms with Crippen LogP contribution in [0.15, 0.2) is 35.3 Å². The number of aryl methyl sites for hydroxylation is 2. The lowest BCUT2D eigenvalue weighted by Gasteiger charge is -2.09. The van der Waals surface area contributed by atoms with Crippen LogP contribution >= 0.6 is 11.3 Å². The van der Waals surface area contributed by atoms with Crippen LogP contribution in [-0.4, -0.2) is 25.7 Å². The number of nitrogens with zero attached hydrogens (tertiary/aromatic N) is 4. The fourth-order valence-corrected chi connectivity index (χ4v) is 2.96. The number of carbonyl (C=O) groups is 1. The van der Waals surface area contributed by atoms with Gasteiger partial charge in [0.2, 0.25) is 0 Å². The van der Waals surface area contributed by atoms with Crippen LogP contribution in [-0.2, 0) is 13.1 Å². The molecule has 0 aliphatic heterocycles. The summed E-state index contributed by atoms with van der Waals surface area (Å²) < 4.78 is 1.89. The molecule has 0 bridgehead atoms. The molecule has 0 saturated carbocycles. The Bertz CT molecular complexity index is 810. The van der Waals surface area contributed by atoms with E-state index in [1.165, 1.54) is 0 Å². The summed E-state index contributed by atoms with van der Waals surface area (Å²) in [6, 6.07) is 5.71. The van der Waals surface area contributed by atoms with Crippen LogP contribution in [0.3, 0.4) is 0 Å². The summed E-state index contributed by atoms with van der Waals surface area (Å²) >= 11 is 1.63. The molecular formula is C16H17N5OS. The molecule has 0 fully saturated rings. The molecule has 3 aromatic rings. The van der Waals surface area contributed by atoms with Gasteiger partial charge in [0.05, 0.1) is 23.5 Å². The third-order valence-corrected chi connectivity index (χ3v) is 4.27. The summed E-state index contributed by atoms with van der Waals surface area (Å²) in [5, 5.41) is 14.8. The van der Waals surface area contributed by atoms with Crippen LogP contribution in [0.25, 0.3) is 11.3 Å². The highest BCUT2D eigenvalue weighted by Gasteiger charge is 2.12. The quantitative estimate of drug-likeness (QED) is 0.782. The number of thiophene rings is 1. The zero-order valence-electron chi connectivity index (χ0n) is 13.0. The van der Waals surface area contributed by atoms with Crippen LogP contribution < -0.4 is 5.32 Å². The largest absolute Gasteiger partial charge is 0.345 e. The first kappa shape index (κ1) is 15.4. The number of carbonyl (C=O) groups excluding carboxylic acids is 1. The molecule has 23 heavy (non-hydrogen) atoms. The van der Waals surface area contributed by atoms with Crippen LogP contribution in [0.1, 0.15) is 28.8 Å². The molecule has 7 heteroatoms. The van der Waals surface area contributed by atoms with Gasteiger partial charge in [0, 0.05) is 17.5 Å². The van der Waals surface area contributed by atoms with Gasteiger partial charge in [-0.1, -0.05) is 0 Å². The maximum Gasteiger partial charge on any atom is 0.253 e. The molecule has 0 saturated heterocycles. The average molecular weight is 327 g/mol. The van der Waals surface area contributed by atoms with E-state index < -0.39 is 0 Å². The molecule has 0 aliphatic carbocycles. The van der Waals surface area contributed by atoms with E-state index in [9.17, 15) is 4.79 Å². The molecule has 6 nitrogen and oxygen atoms in total. The van der Waals surface area contributed by atoms with E-state index in [-0.39, 0.29) is 5.91 Å². The van der Waals surface area contributed by atoms with E-state index in [2.05, 4.69) is 20.5 Å². The fourth-order valence-electron chi connectivity index (χ4n) is 2.31. The van der Waals surface area contributed by atoms with Crippen molar-refractivity contribution in [3.05, 3.63) is 52.4 Å². The van der Waals surface area contributed by atoms with Gasteiger partial charge in [-0.2, -0.15) is 11.3 Å². The van der Waals surface area contributed by atoms with E-state index in [1.807, 2.05) is 47.4 Å². The van der Waals surface area contributed by atoms with Gasteiger partial charge in [0.1, 0.15) is 6.33 Å². The SMILES string of the molecule is CCn1cnnc1CNC(=O)c1ccc(-c2ccsc2)nc1C. The standard InChI is InChI=1S/C16H17N5OS/c1-3-21-10-18-20-15(21)8-17-16(22)13-4-5-14(19-11(13)2)12-6-7-23-9-12/h4-7,9-10H,3,8H2,1-2H3,(H,17,22). The second-order valence-electron chi connectivity index (χ2n) is 5.06. The Labute approximate surface area is 138 Å². The summed E-state index contributed by atoms with van der Waals surface area (Å²) in [5.74, 6) is 0.582. The van der Waals surface area contributed by atoms with Crippen molar-refractivity contribution in [1.82, 2.24) is 25.1 Å². The minimum atomic E-state index is -0.155. The molecule has 1 amide bonds. The summed E-state index contributed by atoms with van der Waals surface area (Å²) in [6.07, 6.45) is 1.66. The number of hydrogen-bond acceptors (Lipinski definition) is 5. The Balaban J connectivity index is 1.72. The minimum Gasteiger partial charge on any atom is -0.345 e. The molecule has 0 aromatic carbocycles. The van der Waals surface area contributed by atoms with Crippen molar-refractivity contribution in [3.63, 3.8) is 0 Å².